The van der Waals surface area contributed by atoms with Crippen LogP contribution in [0.1, 0.15) is 1.43 Å². The minimum atomic E-state index is 0. The molecule has 8 heavy (non-hydrogen) atoms. The van der Waals surface area contributed by atoms with E-state index in [2.05, 4.69) is 0 Å². The van der Waals surface area contributed by atoms with E-state index in [1.54, 1.807) is 0 Å². The second-order valence-corrected chi connectivity index (χ2v) is 0.149. The van der Waals surface area contributed by atoms with Gasteiger partial charge in [-0.25, -0.2) is 0 Å². The van der Waals surface area contributed by atoms with Crippen molar-refractivity contribution in [2.24, 2.45) is 10.7 Å². The van der Waals surface area contributed by atoms with Crippen molar-refractivity contribution in [2.45, 2.75) is 0 Å². The first-order valence-corrected chi connectivity index (χ1v) is 0.730. The molecule has 6 nitrogen and oxygen atoms in total. The smallest absolute Gasteiger partial charge is 1.00 e. The van der Waals surface area contributed by atoms with Crippen LogP contribution in [0.15, 0.2) is 10.7 Å². The fourth-order valence-corrected chi connectivity index (χ4v) is 0. The maximum atomic E-state index is 8.00. The van der Waals surface area contributed by atoms with E-state index in [0.29, 0.717) is 0 Å². The molecule has 45 valence electrons. The first-order chi connectivity index (χ1) is 2.83. The van der Waals surface area contributed by atoms with Crippen molar-refractivity contribution in [2.75, 3.05) is 0 Å². The molecule has 0 rings (SSSR count). The van der Waals surface area contributed by atoms with Crippen molar-refractivity contribution in [3.8, 4) is 0 Å². The molecule has 0 aromatic heterocycles. The van der Waals surface area contributed by atoms with Gasteiger partial charge in [0, 0.05) is 0 Å². The fraction of sp³-hybridized carbons (Fsp3) is 0. The van der Waals surface area contributed by atoms with Crippen LogP contribution in [0.4, 0.5) is 0 Å². The molecule has 0 atom stereocenters. The minimum Gasteiger partial charge on any atom is -1.00 e. The van der Waals surface area contributed by atoms with Crippen molar-refractivity contribution in [3.05, 3.63) is 20.2 Å². The van der Waals surface area contributed by atoms with E-state index in [0.717, 1.165) is 10.7 Å². The molecule has 0 saturated carbocycles. The summed E-state index contributed by atoms with van der Waals surface area (Å²) in [6, 6.07) is 0. The summed E-state index contributed by atoms with van der Waals surface area (Å²) >= 11 is 0. The Morgan fingerprint density at radius 2 is 1.12 bits per heavy atom. The van der Waals surface area contributed by atoms with Crippen molar-refractivity contribution in [1.29, 1.82) is 0 Å². The van der Waals surface area contributed by atoms with Crippen molar-refractivity contribution in [1.82, 2.24) is 0 Å². The van der Waals surface area contributed by atoms with Crippen LogP contribution >= 0.6 is 0 Å². The van der Waals surface area contributed by atoms with Gasteiger partial charge in [-0.3, -0.25) is 0 Å². The maximum Gasteiger partial charge on any atom is 2.00 e. The summed E-state index contributed by atoms with van der Waals surface area (Å²) in [6.45, 7) is 0. The summed E-state index contributed by atoms with van der Waals surface area (Å²) < 4.78 is 0. The van der Waals surface area contributed by atoms with Gasteiger partial charge in [-0.15, -0.1) is 10.7 Å². The largest absolute Gasteiger partial charge is 2.00 e. The standard InChI is InChI=1S/Co.2HNO2.Na.H/c;2*2-1-3;;/h;2*(H,2,3);;/q+2;;;+1;-1/p-2. The predicted octanol–water partition coefficient (Wildman–Crippen LogP) is -2.38. The Labute approximate surface area is 78.5 Å². The van der Waals surface area contributed by atoms with E-state index in [1.807, 2.05) is 0 Å². The van der Waals surface area contributed by atoms with Crippen LogP contribution in [-0.2, 0) is 16.8 Å². The normalized spacial score (nSPS) is 3.00. The Balaban J connectivity index is -0.00000000889. The SMILES string of the molecule is O=N[O-].O=N[O-].[Co+2].[H-].[Na+]. The Morgan fingerprint density at radius 3 is 1.12 bits per heavy atom. The summed E-state index contributed by atoms with van der Waals surface area (Å²) in [5.74, 6) is 0. The Bertz CT molecular complexity index is 39.5. The summed E-state index contributed by atoms with van der Waals surface area (Å²) in [6.07, 6.45) is 0. The summed E-state index contributed by atoms with van der Waals surface area (Å²) in [5, 5.41) is 18.0. The molecule has 0 spiro atoms. The Kier molecular flexibility index (Phi) is 163. The van der Waals surface area contributed by atoms with Crippen LogP contribution in [-0.4, -0.2) is 0 Å². The number of hydrogen-bond acceptors (Lipinski definition) is 6. The van der Waals surface area contributed by atoms with Gasteiger partial charge in [-0.1, -0.05) is 0 Å². The van der Waals surface area contributed by atoms with Crippen molar-refractivity contribution in [3.63, 3.8) is 0 Å². The Morgan fingerprint density at radius 1 is 1.12 bits per heavy atom. The molecule has 0 N–H and O–H groups in total. The third-order valence-corrected chi connectivity index (χ3v) is 0. The molecule has 0 amide bonds. The second kappa shape index (κ2) is 54.6. The van der Waals surface area contributed by atoms with E-state index in [1.165, 1.54) is 0 Å². The number of rotatable bonds is 0. The van der Waals surface area contributed by atoms with Gasteiger partial charge in [0.15, 0.2) is 0 Å². The zero-order chi connectivity index (χ0) is 5.41. The predicted molar refractivity (Wildman–Crippen MR) is 19.4 cm³/mol. The van der Waals surface area contributed by atoms with E-state index in [-0.39, 0.29) is 47.8 Å². The average Bonchev–Trinajstić information content (AvgIpc) is 1.39. The van der Waals surface area contributed by atoms with Crippen LogP contribution in [0.2, 0.25) is 0 Å². The third-order valence-electron chi connectivity index (χ3n) is 0. The van der Waals surface area contributed by atoms with Crippen molar-refractivity contribution >= 4 is 0 Å². The van der Waals surface area contributed by atoms with Crippen LogP contribution in [0.5, 0.6) is 0 Å². The quantitative estimate of drug-likeness (QED) is 0.232. The molecule has 0 aromatic rings. The van der Waals surface area contributed by atoms with Crippen molar-refractivity contribution < 1.29 is 47.8 Å². The third kappa shape index (κ3) is 1890. The molecule has 0 aliphatic heterocycles. The van der Waals surface area contributed by atoms with E-state index in [9.17, 15) is 0 Å². The van der Waals surface area contributed by atoms with E-state index in [4.69, 9.17) is 20.2 Å². The van der Waals surface area contributed by atoms with Gasteiger partial charge in [-0.05, 0) is 0 Å². The van der Waals surface area contributed by atoms with Crippen LogP contribution in [0, 0.1) is 20.2 Å². The van der Waals surface area contributed by atoms with Crippen LogP contribution < -0.4 is 29.6 Å². The van der Waals surface area contributed by atoms with Gasteiger partial charge in [0.2, 0.25) is 0 Å². The molecule has 0 aliphatic rings. The number of hydrogen-bond donors (Lipinski definition) is 0. The molecule has 0 heterocycles. The zero-order valence-corrected chi connectivity index (χ0v) is 6.90. The molecule has 1 radical (unpaired) electrons. The van der Waals surface area contributed by atoms with E-state index >= 15 is 0 Å². The van der Waals surface area contributed by atoms with Crippen LogP contribution in [0.25, 0.3) is 0 Å². The monoisotopic (exact) mass is 175 g/mol. The van der Waals surface area contributed by atoms with Gasteiger partial charge in [0.1, 0.15) is 0 Å². The molecule has 0 saturated heterocycles. The van der Waals surface area contributed by atoms with Crippen LogP contribution in [0.3, 0.4) is 0 Å². The average molecular weight is 175 g/mol. The topological polar surface area (TPSA) is 105 Å². The second-order valence-electron chi connectivity index (χ2n) is 0.149. The molecule has 0 bridgehead atoms. The molecular weight excluding hydrogens is 174 g/mol. The summed E-state index contributed by atoms with van der Waals surface area (Å²) in [4.78, 5) is 16.0. The summed E-state index contributed by atoms with van der Waals surface area (Å²) in [7, 11) is 0. The molecule has 0 fully saturated rings. The molecule has 0 aliphatic carbocycles. The van der Waals surface area contributed by atoms with Gasteiger partial charge in [-0.2, -0.15) is 0 Å². The first kappa shape index (κ1) is 23.9. The maximum absolute atomic E-state index is 8.00. The van der Waals surface area contributed by atoms with Gasteiger partial charge < -0.3 is 21.7 Å². The fourth-order valence-electron chi connectivity index (χ4n) is 0. The molecule has 0 aromatic carbocycles. The van der Waals surface area contributed by atoms with Gasteiger partial charge >= 0.3 is 46.3 Å². The minimum absolute atomic E-state index is 0. The zero-order valence-electron chi connectivity index (χ0n) is 4.86. The number of nitrogens with zero attached hydrogens (tertiary/aromatic N) is 2. The van der Waals surface area contributed by atoms with Gasteiger partial charge in [0.25, 0.3) is 0 Å². The molecular formula is HCoN2NaO4. The summed E-state index contributed by atoms with van der Waals surface area (Å²) in [5.41, 5.74) is 0. The Hall–Kier alpha value is 0.306. The van der Waals surface area contributed by atoms with Gasteiger partial charge in [0.05, 0.1) is 0 Å². The van der Waals surface area contributed by atoms with E-state index < -0.39 is 0 Å². The molecule has 8 heteroatoms. The molecule has 0 unspecified atom stereocenters. The first-order valence-electron chi connectivity index (χ1n) is 0.730.